The van der Waals surface area contributed by atoms with Crippen LogP contribution in [-0.2, 0) is 42.7 Å². The molecule has 12 aliphatic rings. The zero-order valence-corrected chi connectivity index (χ0v) is 36.2. The molecule has 4 aliphatic heterocycles. The standard InChI is InChI=1S/C25H33NO3.C25H31NO3/c2*1-5-6-18(27)17-14-23-9-10-25(17,28-4)22-24(23)11-12-26(3)19(23)13-16-8-7-15(2)21(29-22)20(16)24/h7-8,17,19,22H,5-6,9-14H2,1-4H3;7-10,17,19,22H,5-6,11-14H2,1-4H3/t2*17-,19-,22-,23-,24+,25-/m11/s1. The minimum absolute atomic E-state index is 0.0103. The second kappa shape index (κ2) is 12.3. The van der Waals surface area contributed by atoms with E-state index in [4.69, 9.17) is 18.9 Å². The molecule has 4 saturated carbocycles. The molecule has 0 N–H and O–H groups in total. The monoisotopic (exact) mass is 788 g/mol. The van der Waals surface area contributed by atoms with Crippen molar-refractivity contribution in [2.45, 2.75) is 151 Å². The van der Waals surface area contributed by atoms with Gasteiger partial charge in [-0.05, 0) is 127 Å². The average molecular weight is 789 g/mol. The number of nitrogens with zero attached hydrogens (tertiary/aromatic N) is 2. The summed E-state index contributed by atoms with van der Waals surface area (Å²) in [4.78, 5) is 31.9. The lowest BCUT2D eigenvalue weighted by Gasteiger charge is -2.73. The van der Waals surface area contributed by atoms with E-state index in [0.29, 0.717) is 36.5 Å². The van der Waals surface area contributed by atoms with Gasteiger partial charge in [0.1, 0.15) is 46.5 Å². The number of ketones is 2. The number of fused-ring (bicyclic) bond motifs is 3. The van der Waals surface area contributed by atoms with Crippen LogP contribution in [0.25, 0.3) is 0 Å². The number of likely N-dealkylation sites (N-methyl/N-ethyl adjacent to an activating group) is 2. The molecule has 0 unspecified atom stereocenters. The minimum Gasteiger partial charge on any atom is -0.486 e. The van der Waals surface area contributed by atoms with Gasteiger partial charge in [-0.15, -0.1) is 0 Å². The molecule has 8 heteroatoms. The van der Waals surface area contributed by atoms with Crippen molar-refractivity contribution in [2.75, 3.05) is 41.4 Å². The number of ether oxygens (including phenoxy) is 4. The van der Waals surface area contributed by atoms with Gasteiger partial charge in [0.25, 0.3) is 0 Å². The lowest BCUT2D eigenvalue weighted by molar-refractivity contribution is -0.270. The van der Waals surface area contributed by atoms with Crippen molar-refractivity contribution in [3.63, 3.8) is 0 Å². The molecule has 4 spiro atoms. The number of aryl methyl sites for hydroxylation is 2. The third kappa shape index (κ3) is 4.00. The van der Waals surface area contributed by atoms with Crippen molar-refractivity contribution >= 4 is 11.6 Å². The van der Waals surface area contributed by atoms with E-state index in [1.54, 1.807) is 7.11 Å². The number of carbonyl (C=O) groups is 2. The zero-order chi connectivity index (χ0) is 40.4. The fourth-order valence-corrected chi connectivity index (χ4v) is 16.6. The van der Waals surface area contributed by atoms with Gasteiger partial charge in [-0.2, -0.15) is 0 Å². The normalized spacial score (nSPS) is 43.5. The minimum atomic E-state index is -0.658. The first-order chi connectivity index (χ1) is 27.9. The summed E-state index contributed by atoms with van der Waals surface area (Å²) in [5.41, 5.74) is 7.18. The van der Waals surface area contributed by atoms with Gasteiger partial charge in [0, 0.05) is 66.5 Å². The van der Waals surface area contributed by atoms with E-state index in [9.17, 15) is 9.59 Å². The van der Waals surface area contributed by atoms with Gasteiger partial charge in [0.2, 0.25) is 0 Å². The Balaban J connectivity index is 0.000000133. The third-order valence-electron chi connectivity index (χ3n) is 18.9. The largest absolute Gasteiger partial charge is 0.486 e. The van der Waals surface area contributed by atoms with Gasteiger partial charge in [-0.3, -0.25) is 9.59 Å². The van der Waals surface area contributed by atoms with Crippen LogP contribution in [0.3, 0.4) is 0 Å². The average Bonchev–Trinajstić information content (AvgIpc) is 3.80. The van der Waals surface area contributed by atoms with Crippen LogP contribution in [0.4, 0.5) is 0 Å². The molecule has 0 radical (unpaired) electrons. The van der Waals surface area contributed by atoms with Gasteiger partial charge in [0.15, 0.2) is 0 Å². The number of benzene rings is 2. The van der Waals surface area contributed by atoms with Gasteiger partial charge in [-0.25, -0.2) is 0 Å². The Morgan fingerprint density at radius 1 is 0.707 bits per heavy atom. The number of rotatable bonds is 8. The van der Waals surface area contributed by atoms with Crippen molar-refractivity contribution in [2.24, 2.45) is 22.7 Å². The molecule has 14 rings (SSSR count). The highest BCUT2D eigenvalue weighted by atomic mass is 16.6. The van der Waals surface area contributed by atoms with Crippen molar-refractivity contribution in [1.82, 2.24) is 9.80 Å². The molecular formula is C50H64N2O6. The summed E-state index contributed by atoms with van der Waals surface area (Å²) in [5, 5.41) is 0. The van der Waals surface area contributed by atoms with Crippen LogP contribution in [0.2, 0.25) is 0 Å². The summed E-state index contributed by atoms with van der Waals surface area (Å²) in [6, 6.07) is 10.0. The molecule has 8 aliphatic carbocycles. The molecule has 12 atom stereocenters. The first-order valence-electron chi connectivity index (χ1n) is 22.8. The Bertz CT molecular complexity index is 2150. The number of methoxy groups -OCH3 is 2. The first kappa shape index (κ1) is 37.9. The lowest BCUT2D eigenvalue weighted by atomic mass is 9.34. The Morgan fingerprint density at radius 2 is 1.29 bits per heavy atom. The quantitative estimate of drug-likeness (QED) is 0.257. The topological polar surface area (TPSA) is 77.5 Å². The summed E-state index contributed by atoms with van der Waals surface area (Å²) in [6.07, 6.45) is 15.9. The maximum absolute atomic E-state index is 13.4. The van der Waals surface area contributed by atoms with Gasteiger partial charge < -0.3 is 28.7 Å². The van der Waals surface area contributed by atoms with Crippen LogP contribution in [0.1, 0.15) is 111 Å². The number of carbonyl (C=O) groups excluding carboxylic acids is 2. The SMILES string of the molecule is CCCC(=O)[C@H]1C[C@@]23C=C[C@]1(OC)[C@@H]1Oc4c(C)ccc5c4[C@@]12CCN(C)[C@@H]3C5.CCCC(=O)[C@H]1C[C@@]23CC[C@]1(OC)[C@@H]1Oc4c(C)ccc5c4[C@@]12CCN(C)[C@@H]3C5. The van der Waals surface area contributed by atoms with Crippen LogP contribution < -0.4 is 9.47 Å². The van der Waals surface area contributed by atoms with Crippen LogP contribution in [-0.4, -0.2) is 98.3 Å². The van der Waals surface area contributed by atoms with E-state index in [-0.39, 0.29) is 45.7 Å². The lowest BCUT2D eigenvalue weighted by Crippen LogP contribution is -2.81. The summed E-state index contributed by atoms with van der Waals surface area (Å²) < 4.78 is 26.5. The molecule has 2 aromatic rings. The molecule has 8 bridgehead atoms. The first-order valence-corrected chi connectivity index (χ1v) is 22.8. The maximum Gasteiger partial charge on any atom is 0.143 e. The van der Waals surface area contributed by atoms with E-state index < -0.39 is 11.2 Å². The molecule has 58 heavy (non-hydrogen) atoms. The summed E-state index contributed by atoms with van der Waals surface area (Å²) in [5.74, 6) is 2.77. The molecule has 2 saturated heterocycles. The molecule has 2 aromatic carbocycles. The molecule has 8 nitrogen and oxygen atoms in total. The predicted molar refractivity (Wildman–Crippen MR) is 223 cm³/mol. The van der Waals surface area contributed by atoms with Gasteiger partial charge in [0.05, 0.1) is 17.3 Å². The molecule has 4 heterocycles. The van der Waals surface area contributed by atoms with Crippen molar-refractivity contribution in [3.05, 3.63) is 69.8 Å². The number of hydrogen-bond donors (Lipinski definition) is 0. The summed E-state index contributed by atoms with van der Waals surface area (Å²) >= 11 is 0. The number of hydrogen-bond acceptors (Lipinski definition) is 8. The van der Waals surface area contributed by atoms with E-state index >= 15 is 0 Å². The maximum atomic E-state index is 13.4. The highest BCUT2D eigenvalue weighted by Crippen LogP contribution is 2.77. The Hall–Kier alpha value is -3.04. The second-order valence-corrected chi connectivity index (χ2v) is 20.5. The van der Waals surface area contributed by atoms with Crippen LogP contribution in [0.15, 0.2) is 36.4 Å². The van der Waals surface area contributed by atoms with E-state index in [1.807, 2.05) is 7.11 Å². The molecule has 6 fully saturated rings. The van der Waals surface area contributed by atoms with Crippen molar-refractivity contribution in [1.29, 1.82) is 0 Å². The third-order valence-corrected chi connectivity index (χ3v) is 18.9. The summed E-state index contributed by atoms with van der Waals surface area (Å²) in [7, 11) is 8.17. The highest BCUT2D eigenvalue weighted by molar-refractivity contribution is 5.85. The second-order valence-electron chi connectivity index (χ2n) is 20.5. The van der Waals surface area contributed by atoms with Crippen molar-refractivity contribution < 1.29 is 28.5 Å². The fraction of sp³-hybridized carbons (Fsp3) is 0.680. The molecular weight excluding hydrogens is 725 g/mol. The number of piperidine rings is 2. The van der Waals surface area contributed by atoms with Gasteiger partial charge >= 0.3 is 0 Å². The smallest absolute Gasteiger partial charge is 0.143 e. The Morgan fingerprint density at radius 3 is 1.93 bits per heavy atom. The number of likely N-dealkylation sites (tertiary alicyclic amines) is 2. The number of Topliss-reactive ketones (excluding diaryl/α,β-unsaturated/α-hetero) is 2. The van der Waals surface area contributed by atoms with E-state index in [0.717, 1.165) is 88.8 Å². The zero-order valence-electron chi connectivity index (χ0n) is 36.2. The van der Waals surface area contributed by atoms with Crippen molar-refractivity contribution in [3.8, 4) is 11.5 Å². The highest BCUT2D eigenvalue weighted by Gasteiger charge is 2.82. The van der Waals surface area contributed by atoms with E-state index in [1.165, 1.54) is 33.4 Å². The van der Waals surface area contributed by atoms with Crippen LogP contribution in [0, 0.1) is 36.5 Å². The Kier molecular flexibility index (Phi) is 8.04. The predicted octanol–water partition coefficient (Wildman–Crippen LogP) is 7.39. The van der Waals surface area contributed by atoms with Gasteiger partial charge in [-0.1, -0.05) is 50.3 Å². The van der Waals surface area contributed by atoms with Crippen LogP contribution >= 0.6 is 0 Å². The Labute approximate surface area is 345 Å². The molecule has 0 amide bonds. The van der Waals surface area contributed by atoms with E-state index in [2.05, 4.69) is 88.0 Å². The summed E-state index contributed by atoms with van der Waals surface area (Å²) in [6.45, 7) is 10.7. The molecule has 310 valence electrons. The molecule has 0 aromatic heterocycles. The van der Waals surface area contributed by atoms with Crippen LogP contribution in [0.5, 0.6) is 11.5 Å². The fourth-order valence-electron chi connectivity index (χ4n) is 16.6.